The van der Waals surface area contributed by atoms with Crippen molar-refractivity contribution in [2.75, 3.05) is 19.6 Å². The summed E-state index contributed by atoms with van der Waals surface area (Å²) in [4.78, 5) is 38.6. The lowest BCUT2D eigenvalue weighted by atomic mass is 10.1. The lowest BCUT2D eigenvalue weighted by molar-refractivity contribution is -0.122. The summed E-state index contributed by atoms with van der Waals surface area (Å²) in [6, 6.07) is 9.74. The number of nitrogens with one attached hydrogen (secondary N) is 2. The molecule has 3 rings (SSSR count). The van der Waals surface area contributed by atoms with Crippen molar-refractivity contribution in [2.45, 2.75) is 18.7 Å². The van der Waals surface area contributed by atoms with Gasteiger partial charge in [0, 0.05) is 25.2 Å². The highest BCUT2D eigenvalue weighted by atomic mass is 32.2. The van der Waals surface area contributed by atoms with Gasteiger partial charge in [0.1, 0.15) is 5.82 Å². The van der Waals surface area contributed by atoms with Crippen molar-refractivity contribution in [1.82, 2.24) is 14.9 Å². The summed E-state index contributed by atoms with van der Waals surface area (Å²) in [5.41, 5.74) is 1.34. The van der Waals surface area contributed by atoms with E-state index in [4.69, 9.17) is 0 Å². The third-order valence-corrected chi connectivity index (χ3v) is 7.21. The Morgan fingerprint density at radius 3 is 2.52 bits per heavy atom. The zero-order valence-electron chi connectivity index (χ0n) is 17.9. The van der Waals surface area contributed by atoms with E-state index in [-0.39, 0.29) is 35.0 Å². The minimum Gasteiger partial charge on any atom is -0.350 e. The number of hydrogen-bond donors (Lipinski definition) is 2. The Balaban J connectivity index is 1.64. The predicted molar refractivity (Wildman–Crippen MR) is 123 cm³/mol. The molecule has 0 aliphatic carbocycles. The van der Waals surface area contributed by atoms with Gasteiger partial charge in [0.15, 0.2) is 0 Å². The largest absolute Gasteiger partial charge is 0.350 e. The number of sulfonamides is 1. The molecule has 8 nitrogen and oxygen atoms in total. The minimum absolute atomic E-state index is 0.00959. The molecule has 0 aromatic heterocycles. The number of hydrogen-bond acceptors (Lipinski definition) is 6. The third kappa shape index (κ3) is 5.86. The van der Waals surface area contributed by atoms with Crippen LogP contribution in [0.4, 0.5) is 9.18 Å². The van der Waals surface area contributed by atoms with Crippen LogP contribution >= 0.6 is 11.8 Å². The van der Waals surface area contributed by atoms with Gasteiger partial charge in [-0.2, -0.15) is 0 Å². The van der Waals surface area contributed by atoms with Gasteiger partial charge in [0.05, 0.1) is 9.80 Å². The highest BCUT2D eigenvalue weighted by Gasteiger charge is 2.34. The summed E-state index contributed by atoms with van der Waals surface area (Å²) in [5.74, 6) is -1.43. The van der Waals surface area contributed by atoms with Crippen LogP contribution in [0.25, 0.3) is 6.08 Å². The Labute approximate surface area is 195 Å². The summed E-state index contributed by atoms with van der Waals surface area (Å²) in [7, 11) is -3.72. The molecule has 11 heteroatoms. The van der Waals surface area contributed by atoms with Gasteiger partial charge < -0.3 is 5.32 Å². The molecule has 3 amide bonds. The van der Waals surface area contributed by atoms with Gasteiger partial charge in [-0.3, -0.25) is 19.3 Å². The molecule has 1 fully saturated rings. The fraction of sp³-hybridized carbons (Fsp3) is 0.227. The van der Waals surface area contributed by atoms with E-state index in [0.717, 1.165) is 16.7 Å². The highest BCUT2D eigenvalue weighted by molar-refractivity contribution is 8.18. The zero-order valence-corrected chi connectivity index (χ0v) is 19.6. The third-order valence-electron chi connectivity index (χ3n) is 4.76. The van der Waals surface area contributed by atoms with Crippen LogP contribution in [0, 0.1) is 12.7 Å². The van der Waals surface area contributed by atoms with Crippen molar-refractivity contribution in [3.05, 3.63) is 69.9 Å². The molecule has 0 bridgehead atoms. The maximum atomic E-state index is 13.0. The molecule has 1 saturated heterocycles. The van der Waals surface area contributed by atoms with Crippen molar-refractivity contribution in [2.24, 2.45) is 0 Å². The van der Waals surface area contributed by atoms with Crippen molar-refractivity contribution < 1.29 is 27.2 Å². The van der Waals surface area contributed by atoms with Crippen LogP contribution in [0.2, 0.25) is 0 Å². The average molecular weight is 492 g/mol. The van der Waals surface area contributed by atoms with Gasteiger partial charge in [-0.1, -0.05) is 25.1 Å². The van der Waals surface area contributed by atoms with E-state index < -0.39 is 32.9 Å². The molecule has 1 aliphatic rings. The minimum atomic E-state index is -3.72. The summed E-state index contributed by atoms with van der Waals surface area (Å²) in [6.45, 7) is 3.48. The fourth-order valence-corrected chi connectivity index (χ4v) is 5.00. The molecule has 174 valence electrons. The first-order chi connectivity index (χ1) is 15.6. The molecule has 0 unspecified atom stereocenters. The monoisotopic (exact) mass is 491 g/mol. The summed E-state index contributed by atoms with van der Waals surface area (Å²) < 4.78 is 39.8. The number of carbonyl (C=O) groups is 3. The van der Waals surface area contributed by atoms with Crippen LogP contribution in [0.15, 0.2) is 52.3 Å². The number of halogens is 1. The highest BCUT2D eigenvalue weighted by Crippen LogP contribution is 2.31. The number of carbonyl (C=O) groups excluding carboxylic acids is 3. The Bertz CT molecular complexity index is 1230. The molecule has 1 heterocycles. The van der Waals surface area contributed by atoms with Crippen LogP contribution in [0.3, 0.4) is 0 Å². The number of aryl methyl sites for hydroxylation is 1. The summed E-state index contributed by atoms with van der Waals surface area (Å²) in [6.07, 6.45) is 1.50. The van der Waals surface area contributed by atoms with Gasteiger partial charge in [-0.15, -0.1) is 0 Å². The van der Waals surface area contributed by atoms with E-state index in [9.17, 15) is 27.2 Å². The standard InChI is InChI=1S/C22H22FN3O5S2/c1-3-25-33(30,31)17-9-4-14(2)18(13-17)20(27)24-10-11-26-21(28)19(32-22(26)29)12-15-5-7-16(23)8-6-15/h4-9,12-13,25H,3,10-11H2,1-2H3,(H,24,27)/b19-12-. The SMILES string of the molecule is CCNS(=O)(=O)c1ccc(C)c(C(=O)NCCN2C(=O)S/C(=C\c3ccc(F)cc3)C2=O)c1. The Morgan fingerprint density at radius 1 is 1.15 bits per heavy atom. The first kappa shape index (κ1) is 24.6. The quantitative estimate of drug-likeness (QED) is 0.549. The molecule has 33 heavy (non-hydrogen) atoms. The van der Waals surface area contributed by atoms with E-state index in [1.165, 1.54) is 48.5 Å². The van der Waals surface area contributed by atoms with E-state index in [2.05, 4.69) is 10.0 Å². The van der Waals surface area contributed by atoms with Crippen molar-refractivity contribution in [3.8, 4) is 0 Å². The molecule has 2 aromatic carbocycles. The van der Waals surface area contributed by atoms with Gasteiger partial charge in [0.2, 0.25) is 10.0 Å². The number of imide groups is 1. The second-order valence-electron chi connectivity index (χ2n) is 7.12. The number of rotatable bonds is 8. The average Bonchev–Trinajstić information content (AvgIpc) is 3.02. The zero-order chi connectivity index (χ0) is 24.2. The van der Waals surface area contributed by atoms with Crippen LogP contribution in [-0.2, 0) is 14.8 Å². The molecule has 0 atom stereocenters. The smallest absolute Gasteiger partial charge is 0.293 e. The summed E-state index contributed by atoms with van der Waals surface area (Å²) >= 11 is 0.766. The van der Waals surface area contributed by atoms with Crippen LogP contribution in [-0.4, -0.2) is 50.0 Å². The molecule has 0 radical (unpaired) electrons. The lowest BCUT2D eigenvalue weighted by Crippen LogP contribution is -2.37. The summed E-state index contributed by atoms with van der Waals surface area (Å²) in [5, 5.41) is 2.14. The number of amides is 3. The fourth-order valence-electron chi connectivity index (χ4n) is 3.07. The first-order valence-electron chi connectivity index (χ1n) is 10.0. The molecule has 1 aliphatic heterocycles. The molecular formula is C22H22FN3O5S2. The number of thioether (sulfide) groups is 1. The molecule has 0 spiro atoms. The van der Waals surface area contributed by atoms with Crippen LogP contribution in [0.5, 0.6) is 0 Å². The van der Waals surface area contributed by atoms with Crippen molar-refractivity contribution in [1.29, 1.82) is 0 Å². The van der Waals surface area contributed by atoms with Gasteiger partial charge in [-0.25, -0.2) is 17.5 Å². The van der Waals surface area contributed by atoms with Gasteiger partial charge in [-0.05, 0) is 60.2 Å². The van der Waals surface area contributed by atoms with Crippen molar-refractivity contribution in [3.63, 3.8) is 0 Å². The Hall–Kier alpha value is -3.02. The van der Waals surface area contributed by atoms with Crippen LogP contribution in [0.1, 0.15) is 28.4 Å². The predicted octanol–water partition coefficient (Wildman–Crippen LogP) is 2.90. The number of benzene rings is 2. The van der Waals surface area contributed by atoms with E-state index in [1.807, 2.05) is 0 Å². The Morgan fingerprint density at radius 2 is 1.85 bits per heavy atom. The maximum Gasteiger partial charge on any atom is 0.293 e. The molecule has 2 aromatic rings. The van der Waals surface area contributed by atoms with Crippen LogP contribution < -0.4 is 10.0 Å². The Kier molecular flexibility index (Phi) is 7.67. The first-order valence-corrected chi connectivity index (χ1v) is 12.3. The second-order valence-corrected chi connectivity index (χ2v) is 9.88. The topological polar surface area (TPSA) is 113 Å². The number of nitrogens with zero attached hydrogens (tertiary/aromatic N) is 1. The second kappa shape index (κ2) is 10.3. The van der Waals surface area contributed by atoms with E-state index >= 15 is 0 Å². The van der Waals surface area contributed by atoms with Gasteiger partial charge in [0.25, 0.3) is 17.1 Å². The van der Waals surface area contributed by atoms with Crippen molar-refractivity contribution >= 4 is 44.9 Å². The maximum absolute atomic E-state index is 13.0. The molecule has 2 N–H and O–H groups in total. The van der Waals surface area contributed by atoms with Gasteiger partial charge >= 0.3 is 0 Å². The molecule has 0 saturated carbocycles. The van der Waals surface area contributed by atoms with E-state index in [0.29, 0.717) is 11.1 Å². The van der Waals surface area contributed by atoms with E-state index in [1.54, 1.807) is 13.8 Å². The molecular weight excluding hydrogens is 469 g/mol. The normalized spacial score (nSPS) is 15.4. The lowest BCUT2D eigenvalue weighted by Gasteiger charge is -2.14.